The molecule has 1 aromatic heterocycles. The van der Waals surface area contributed by atoms with Crippen LogP contribution in [0.2, 0.25) is 0 Å². The van der Waals surface area contributed by atoms with Gasteiger partial charge >= 0.3 is 0 Å². The Hall–Kier alpha value is -1.81. The van der Waals surface area contributed by atoms with E-state index in [1.807, 2.05) is 30.3 Å². The summed E-state index contributed by atoms with van der Waals surface area (Å²) in [4.78, 5) is 14.8. The summed E-state index contributed by atoms with van der Waals surface area (Å²) in [5.41, 5.74) is -0.0324. The molecule has 1 fully saturated rings. The van der Waals surface area contributed by atoms with Gasteiger partial charge < -0.3 is 15.6 Å². The largest absolute Gasteiger partial charge is 0.370 e. The third-order valence-corrected chi connectivity index (χ3v) is 3.45. The van der Waals surface area contributed by atoms with E-state index < -0.39 is 0 Å². The number of aromatic amines is 1. The summed E-state index contributed by atoms with van der Waals surface area (Å²) in [5.74, 6) is 0.799. The van der Waals surface area contributed by atoms with E-state index >= 15 is 0 Å². The van der Waals surface area contributed by atoms with Crippen LogP contribution in [0.3, 0.4) is 0 Å². The lowest BCUT2D eigenvalue weighted by molar-refractivity contribution is 0.632. The van der Waals surface area contributed by atoms with Crippen molar-refractivity contribution in [2.45, 2.75) is 18.9 Å². The van der Waals surface area contributed by atoms with Gasteiger partial charge in [-0.2, -0.15) is 0 Å². The first-order valence-electron chi connectivity index (χ1n) is 6.42. The molecule has 18 heavy (non-hydrogen) atoms. The van der Waals surface area contributed by atoms with Gasteiger partial charge in [-0.05, 0) is 36.9 Å². The van der Waals surface area contributed by atoms with Crippen LogP contribution in [-0.2, 0) is 0 Å². The van der Waals surface area contributed by atoms with Crippen molar-refractivity contribution in [2.24, 2.45) is 0 Å². The summed E-state index contributed by atoms with van der Waals surface area (Å²) < 4.78 is 0. The Labute approximate surface area is 105 Å². The molecule has 1 aliphatic rings. The zero-order valence-corrected chi connectivity index (χ0v) is 10.2. The molecule has 0 spiro atoms. The molecular weight excluding hydrogens is 226 g/mol. The number of hydrogen-bond donors (Lipinski definition) is 3. The first-order chi connectivity index (χ1) is 8.83. The van der Waals surface area contributed by atoms with Crippen LogP contribution in [0.15, 0.2) is 35.1 Å². The van der Waals surface area contributed by atoms with Crippen LogP contribution in [0.25, 0.3) is 10.8 Å². The molecule has 1 unspecified atom stereocenters. The number of hydrogen-bond acceptors (Lipinski definition) is 3. The van der Waals surface area contributed by atoms with Crippen molar-refractivity contribution in [3.05, 3.63) is 40.7 Å². The molecule has 0 saturated carbocycles. The highest BCUT2D eigenvalue weighted by Crippen LogP contribution is 2.13. The molecule has 1 saturated heterocycles. The van der Waals surface area contributed by atoms with Gasteiger partial charge in [0.05, 0.1) is 0 Å². The highest BCUT2D eigenvalue weighted by molar-refractivity contribution is 5.83. The number of H-pyrrole nitrogens is 1. The Morgan fingerprint density at radius 2 is 2.22 bits per heavy atom. The molecule has 94 valence electrons. The zero-order chi connectivity index (χ0) is 12.4. The third-order valence-electron chi connectivity index (χ3n) is 3.45. The van der Waals surface area contributed by atoms with Crippen molar-refractivity contribution in [2.75, 3.05) is 18.4 Å². The maximum atomic E-state index is 11.9. The summed E-state index contributed by atoms with van der Waals surface area (Å²) in [6, 6.07) is 10.1. The monoisotopic (exact) mass is 243 g/mol. The van der Waals surface area contributed by atoms with E-state index in [0.717, 1.165) is 29.7 Å². The maximum Gasteiger partial charge on any atom is 0.257 e. The highest BCUT2D eigenvalue weighted by atomic mass is 16.1. The number of fused-ring (bicyclic) bond motifs is 1. The van der Waals surface area contributed by atoms with E-state index in [1.165, 1.54) is 12.8 Å². The van der Waals surface area contributed by atoms with Gasteiger partial charge in [0.15, 0.2) is 0 Å². The van der Waals surface area contributed by atoms with Crippen molar-refractivity contribution >= 4 is 16.6 Å². The van der Waals surface area contributed by atoms with E-state index in [-0.39, 0.29) is 5.56 Å². The van der Waals surface area contributed by atoms with Crippen LogP contribution in [0.1, 0.15) is 12.8 Å². The Morgan fingerprint density at radius 3 is 3.06 bits per heavy atom. The summed E-state index contributed by atoms with van der Waals surface area (Å²) in [5, 5.41) is 8.44. The molecule has 0 aliphatic carbocycles. The number of benzene rings is 1. The fourth-order valence-corrected chi connectivity index (χ4v) is 2.47. The van der Waals surface area contributed by atoms with Gasteiger partial charge in [-0.1, -0.05) is 18.2 Å². The van der Waals surface area contributed by atoms with Crippen LogP contribution < -0.4 is 16.2 Å². The SMILES string of the molecule is O=c1[nH]c(NCC2CCCN2)cc2ccccc12. The van der Waals surface area contributed by atoms with E-state index in [4.69, 9.17) is 0 Å². The minimum atomic E-state index is -0.0324. The van der Waals surface area contributed by atoms with Gasteiger partial charge in [0.2, 0.25) is 0 Å². The van der Waals surface area contributed by atoms with Crippen molar-refractivity contribution in [1.29, 1.82) is 0 Å². The zero-order valence-electron chi connectivity index (χ0n) is 10.2. The Balaban J connectivity index is 1.81. The predicted octanol–water partition coefficient (Wildman–Crippen LogP) is 1.69. The van der Waals surface area contributed by atoms with Gasteiger partial charge in [0.25, 0.3) is 5.56 Å². The smallest absolute Gasteiger partial charge is 0.257 e. The van der Waals surface area contributed by atoms with Gasteiger partial charge in [0.1, 0.15) is 5.82 Å². The van der Waals surface area contributed by atoms with Gasteiger partial charge in [0, 0.05) is 18.0 Å². The minimum absolute atomic E-state index is 0.0324. The molecule has 2 heterocycles. The highest BCUT2D eigenvalue weighted by Gasteiger charge is 2.13. The normalized spacial score (nSPS) is 19.2. The summed E-state index contributed by atoms with van der Waals surface area (Å²) in [6.07, 6.45) is 2.44. The summed E-state index contributed by atoms with van der Waals surface area (Å²) in [7, 11) is 0. The summed E-state index contributed by atoms with van der Waals surface area (Å²) in [6.45, 7) is 1.95. The molecular formula is C14H17N3O. The lowest BCUT2D eigenvalue weighted by Gasteiger charge is -2.12. The van der Waals surface area contributed by atoms with E-state index in [9.17, 15) is 4.79 Å². The van der Waals surface area contributed by atoms with E-state index in [2.05, 4.69) is 15.6 Å². The molecule has 3 rings (SSSR count). The molecule has 4 heteroatoms. The van der Waals surface area contributed by atoms with Crippen molar-refractivity contribution in [3.63, 3.8) is 0 Å². The first-order valence-corrected chi connectivity index (χ1v) is 6.42. The molecule has 0 radical (unpaired) electrons. The number of pyridine rings is 1. The predicted molar refractivity (Wildman–Crippen MR) is 74.1 cm³/mol. The van der Waals surface area contributed by atoms with Crippen LogP contribution in [-0.4, -0.2) is 24.1 Å². The Bertz CT molecular complexity index is 599. The van der Waals surface area contributed by atoms with Crippen molar-refractivity contribution in [3.8, 4) is 0 Å². The van der Waals surface area contributed by atoms with Gasteiger partial charge in [-0.15, -0.1) is 0 Å². The lowest BCUT2D eigenvalue weighted by Crippen LogP contribution is -2.29. The second kappa shape index (κ2) is 4.82. The number of aromatic nitrogens is 1. The van der Waals surface area contributed by atoms with Gasteiger partial charge in [-0.25, -0.2) is 0 Å². The average molecular weight is 243 g/mol. The average Bonchev–Trinajstić information content (AvgIpc) is 2.90. The molecule has 2 aromatic rings. The van der Waals surface area contributed by atoms with E-state index in [1.54, 1.807) is 0 Å². The minimum Gasteiger partial charge on any atom is -0.370 e. The topological polar surface area (TPSA) is 56.9 Å². The van der Waals surface area contributed by atoms with Gasteiger partial charge in [-0.3, -0.25) is 4.79 Å². The molecule has 4 nitrogen and oxygen atoms in total. The van der Waals surface area contributed by atoms with Crippen molar-refractivity contribution in [1.82, 2.24) is 10.3 Å². The number of rotatable bonds is 3. The maximum absolute atomic E-state index is 11.9. The Kier molecular flexibility index (Phi) is 3.02. The van der Waals surface area contributed by atoms with Crippen LogP contribution in [0.4, 0.5) is 5.82 Å². The van der Waals surface area contributed by atoms with Crippen LogP contribution in [0, 0.1) is 0 Å². The standard InChI is InChI=1S/C14H17N3O/c18-14-12-6-2-1-4-10(12)8-13(17-14)16-9-11-5-3-7-15-11/h1-2,4,6,8,11,15H,3,5,7,9H2,(H2,16,17,18). The number of nitrogens with one attached hydrogen (secondary N) is 3. The molecule has 0 amide bonds. The summed E-state index contributed by atoms with van der Waals surface area (Å²) >= 11 is 0. The number of anilines is 1. The fourth-order valence-electron chi connectivity index (χ4n) is 2.47. The second-order valence-corrected chi connectivity index (χ2v) is 4.77. The lowest BCUT2D eigenvalue weighted by atomic mass is 10.2. The molecule has 1 aromatic carbocycles. The molecule has 1 aliphatic heterocycles. The quantitative estimate of drug-likeness (QED) is 0.769. The van der Waals surface area contributed by atoms with Crippen molar-refractivity contribution < 1.29 is 0 Å². The van der Waals surface area contributed by atoms with E-state index in [0.29, 0.717) is 6.04 Å². The fraction of sp³-hybridized carbons (Fsp3) is 0.357. The molecule has 1 atom stereocenters. The second-order valence-electron chi connectivity index (χ2n) is 4.77. The van der Waals surface area contributed by atoms with Crippen LogP contribution in [0.5, 0.6) is 0 Å². The van der Waals surface area contributed by atoms with Crippen LogP contribution >= 0.6 is 0 Å². The first kappa shape index (κ1) is 11.3. The molecule has 3 N–H and O–H groups in total. The molecule has 0 bridgehead atoms. The third kappa shape index (κ3) is 2.24. The Morgan fingerprint density at radius 1 is 1.33 bits per heavy atom.